The van der Waals surface area contributed by atoms with Gasteiger partial charge in [-0.25, -0.2) is 0 Å². The van der Waals surface area contributed by atoms with Gasteiger partial charge in [0, 0.05) is 17.4 Å². The second kappa shape index (κ2) is 7.16. The molecule has 2 N–H and O–H groups in total. The number of carboxylic acid groups (broad SMARTS) is 1. The lowest BCUT2D eigenvalue weighted by Gasteiger charge is -2.13. The molecule has 1 aromatic carbocycles. The van der Waals surface area contributed by atoms with Crippen LogP contribution >= 0.6 is 15.9 Å². The second-order valence-corrected chi connectivity index (χ2v) is 4.92. The first-order valence-corrected chi connectivity index (χ1v) is 6.58. The van der Waals surface area contributed by atoms with Gasteiger partial charge in [0.15, 0.2) is 0 Å². The average molecular weight is 314 g/mol. The van der Waals surface area contributed by atoms with Crippen molar-refractivity contribution in [3.63, 3.8) is 0 Å². The number of hydrogen-bond acceptors (Lipinski definition) is 2. The van der Waals surface area contributed by atoms with Gasteiger partial charge in [-0.1, -0.05) is 25.5 Å². The quantitative estimate of drug-likeness (QED) is 0.848. The lowest BCUT2D eigenvalue weighted by molar-refractivity contribution is -0.138. The van der Waals surface area contributed by atoms with Crippen molar-refractivity contribution < 1.29 is 14.7 Å². The van der Waals surface area contributed by atoms with Crippen LogP contribution in [0.5, 0.6) is 0 Å². The van der Waals surface area contributed by atoms with Gasteiger partial charge in [-0.05, 0) is 34.0 Å². The average Bonchev–Trinajstić information content (AvgIpc) is 2.34. The molecule has 18 heavy (non-hydrogen) atoms. The molecule has 0 radical (unpaired) electrons. The largest absolute Gasteiger partial charge is 0.481 e. The Labute approximate surface area is 115 Å². The topological polar surface area (TPSA) is 66.4 Å². The van der Waals surface area contributed by atoms with Gasteiger partial charge in [0.25, 0.3) is 5.91 Å². The van der Waals surface area contributed by atoms with E-state index in [1.165, 1.54) is 0 Å². The smallest absolute Gasteiger partial charge is 0.303 e. The van der Waals surface area contributed by atoms with Crippen LogP contribution in [0.1, 0.15) is 30.1 Å². The molecule has 0 saturated heterocycles. The van der Waals surface area contributed by atoms with Crippen molar-refractivity contribution in [1.29, 1.82) is 0 Å². The molecule has 0 aliphatic heterocycles. The van der Waals surface area contributed by atoms with E-state index >= 15 is 0 Å². The lowest BCUT2D eigenvalue weighted by Crippen LogP contribution is -2.30. The molecule has 5 heteroatoms. The SMILES string of the molecule is CCC(CNC(=O)c1ccccc1Br)CC(=O)O. The molecule has 0 aliphatic carbocycles. The molecule has 98 valence electrons. The number of hydrogen-bond donors (Lipinski definition) is 2. The Kier molecular flexibility index (Phi) is 5.85. The first kappa shape index (κ1) is 14.7. The number of nitrogens with one attached hydrogen (secondary N) is 1. The van der Waals surface area contributed by atoms with Crippen molar-refractivity contribution >= 4 is 27.8 Å². The molecule has 1 amide bonds. The summed E-state index contributed by atoms with van der Waals surface area (Å²) in [7, 11) is 0. The fraction of sp³-hybridized carbons (Fsp3) is 0.385. The fourth-order valence-corrected chi connectivity index (χ4v) is 2.05. The summed E-state index contributed by atoms with van der Waals surface area (Å²) in [6.07, 6.45) is 0.801. The summed E-state index contributed by atoms with van der Waals surface area (Å²) in [4.78, 5) is 22.5. The summed E-state index contributed by atoms with van der Waals surface area (Å²) in [5.41, 5.74) is 0.558. The van der Waals surface area contributed by atoms with Crippen molar-refractivity contribution in [3.05, 3.63) is 34.3 Å². The van der Waals surface area contributed by atoms with Crippen LogP contribution in [-0.4, -0.2) is 23.5 Å². The van der Waals surface area contributed by atoms with Gasteiger partial charge < -0.3 is 10.4 Å². The molecule has 1 aromatic rings. The van der Waals surface area contributed by atoms with Gasteiger partial charge in [-0.15, -0.1) is 0 Å². The van der Waals surface area contributed by atoms with Crippen LogP contribution in [0, 0.1) is 5.92 Å². The third kappa shape index (κ3) is 4.49. The molecule has 4 nitrogen and oxygen atoms in total. The van der Waals surface area contributed by atoms with Crippen LogP contribution in [0.2, 0.25) is 0 Å². The summed E-state index contributed by atoms with van der Waals surface area (Å²) in [6, 6.07) is 7.13. The Balaban J connectivity index is 2.55. The predicted molar refractivity (Wildman–Crippen MR) is 72.5 cm³/mol. The maximum absolute atomic E-state index is 11.9. The highest BCUT2D eigenvalue weighted by Crippen LogP contribution is 2.16. The zero-order valence-electron chi connectivity index (χ0n) is 10.1. The minimum absolute atomic E-state index is 0.0334. The predicted octanol–water partition coefficient (Wildman–Crippen LogP) is 2.68. The first-order valence-electron chi connectivity index (χ1n) is 5.79. The molecular weight excluding hydrogens is 298 g/mol. The van der Waals surface area contributed by atoms with E-state index in [1.807, 2.05) is 13.0 Å². The minimum atomic E-state index is -0.836. The zero-order chi connectivity index (χ0) is 13.5. The summed E-state index contributed by atoms with van der Waals surface area (Å²) < 4.78 is 0.730. The van der Waals surface area contributed by atoms with Crippen molar-refractivity contribution in [2.24, 2.45) is 5.92 Å². The Morgan fingerprint density at radius 1 is 1.39 bits per heavy atom. The van der Waals surface area contributed by atoms with E-state index < -0.39 is 5.97 Å². The van der Waals surface area contributed by atoms with E-state index in [9.17, 15) is 9.59 Å². The third-order valence-electron chi connectivity index (χ3n) is 2.71. The van der Waals surface area contributed by atoms with Gasteiger partial charge in [0.2, 0.25) is 0 Å². The summed E-state index contributed by atoms with van der Waals surface area (Å²) in [6.45, 7) is 2.29. The van der Waals surface area contributed by atoms with Crippen molar-refractivity contribution in [2.75, 3.05) is 6.54 Å². The number of carboxylic acids is 1. The van der Waals surface area contributed by atoms with Crippen molar-refractivity contribution in [2.45, 2.75) is 19.8 Å². The molecule has 1 rings (SSSR count). The zero-order valence-corrected chi connectivity index (χ0v) is 11.7. The van der Waals surface area contributed by atoms with Gasteiger partial charge in [-0.2, -0.15) is 0 Å². The van der Waals surface area contributed by atoms with E-state index in [0.29, 0.717) is 12.1 Å². The van der Waals surface area contributed by atoms with Crippen LogP contribution < -0.4 is 5.32 Å². The minimum Gasteiger partial charge on any atom is -0.481 e. The lowest BCUT2D eigenvalue weighted by atomic mass is 10.0. The van der Waals surface area contributed by atoms with E-state index in [4.69, 9.17) is 5.11 Å². The number of benzene rings is 1. The molecular formula is C13H16BrNO3. The summed E-state index contributed by atoms with van der Waals surface area (Å²) >= 11 is 3.31. The highest BCUT2D eigenvalue weighted by Gasteiger charge is 2.14. The molecule has 1 unspecified atom stereocenters. The molecule has 0 aromatic heterocycles. The number of carbonyl (C=O) groups is 2. The summed E-state index contributed by atoms with van der Waals surface area (Å²) in [5.74, 6) is -1.06. The Morgan fingerprint density at radius 2 is 2.06 bits per heavy atom. The number of halogens is 1. The van der Waals surface area contributed by atoms with Crippen molar-refractivity contribution in [1.82, 2.24) is 5.32 Å². The number of amides is 1. The normalized spacial score (nSPS) is 11.9. The Morgan fingerprint density at radius 3 is 2.61 bits per heavy atom. The maximum Gasteiger partial charge on any atom is 0.303 e. The Hall–Kier alpha value is -1.36. The fourth-order valence-electron chi connectivity index (χ4n) is 1.59. The monoisotopic (exact) mass is 313 g/mol. The van der Waals surface area contributed by atoms with E-state index in [0.717, 1.165) is 10.9 Å². The molecule has 0 heterocycles. The van der Waals surface area contributed by atoms with Gasteiger partial charge in [0.1, 0.15) is 0 Å². The van der Waals surface area contributed by atoms with Crippen LogP contribution in [0.3, 0.4) is 0 Å². The summed E-state index contributed by atoms with van der Waals surface area (Å²) in [5, 5.41) is 11.5. The maximum atomic E-state index is 11.9. The van der Waals surface area contributed by atoms with E-state index in [1.54, 1.807) is 18.2 Å². The molecule has 0 bridgehead atoms. The molecule has 0 saturated carbocycles. The number of aliphatic carboxylic acids is 1. The van der Waals surface area contributed by atoms with Crippen molar-refractivity contribution in [3.8, 4) is 0 Å². The Bertz CT molecular complexity index is 434. The highest BCUT2D eigenvalue weighted by molar-refractivity contribution is 9.10. The molecule has 1 atom stereocenters. The van der Waals surface area contributed by atoms with E-state index in [2.05, 4.69) is 21.2 Å². The van der Waals surface area contributed by atoms with Crippen LogP contribution in [0.15, 0.2) is 28.7 Å². The molecule has 0 fully saturated rings. The second-order valence-electron chi connectivity index (χ2n) is 4.06. The molecule has 0 aliphatic rings. The van der Waals surface area contributed by atoms with Crippen LogP contribution in [0.25, 0.3) is 0 Å². The van der Waals surface area contributed by atoms with Gasteiger partial charge in [0.05, 0.1) is 5.56 Å². The van der Waals surface area contributed by atoms with Crippen LogP contribution in [0.4, 0.5) is 0 Å². The van der Waals surface area contributed by atoms with Crippen LogP contribution in [-0.2, 0) is 4.79 Å². The molecule has 0 spiro atoms. The van der Waals surface area contributed by atoms with E-state index in [-0.39, 0.29) is 18.2 Å². The standard InChI is InChI=1S/C13H16BrNO3/c1-2-9(7-12(16)17)8-15-13(18)10-5-3-4-6-11(10)14/h3-6,9H,2,7-8H2,1H3,(H,15,18)(H,16,17). The van der Waals surface area contributed by atoms with Gasteiger partial charge >= 0.3 is 5.97 Å². The third-order valence-corrected chi connectivity index (χ3v) is 3.40. The highest BCUT2D eigenvalue weighted by atomic mass is 79.9. The number of carbonyl (C=O) groups excluding carboxylic acids is 1. The first-order chi connectivity index (χ1) is 8.54. The van der Waals surface area contributed by atoms with Gasteiger partial charge in [-0.3, -0.25) is 9.59 Å². The number of rotatable bonds is 6.